The van der Waals surface area contributed by atoms with Crippen LogP contribution in [-0.2, 0) is 5.41 Å². The number of hydrogen-bond acceptors (Lipinski definition) is 0. The van der Waals surface area contributed by atoms with Crippen molar-refractivity contribution in [2.45, 2.75) is 19.3 Å². The molecular weight excluding hydrogens is 569 g/mol. The minimum atomic E-state index is -0.0831. The van der Waals surface area contributed by atoms with Crippen LogP contribution in [0.4, 0.5) is 0 Å². The summed E-state index contributed by atoms with van der Waals surface area (Å²) >= 11 is 0. The number of nitrogens with zero attached hydrogens (tertiary/aromatic N) is 2. The largest absolute Gasteiger partial charge is 0.307 e. The SMILES string of the molecule is CC1(C)c2ccccc2-c2cc3c4ccccc4n(-c4cccc5c6ccccc6n(-c6cccc(-c7ccccc7)c6)c45)c3cc21. The van der Waals surface area contributed by atoms with E-state index in [2.05, 4.69) is 181 Å². The minimum absolute atomic E-state index is 0.0831. The Labute approximate surface area is 273 Å². The van der Waals surface area contributed by atoms with Crippen LogP contribution in [0.3, 0.4) is 0 Å². The zero-order chi connectivity index (χ0) is 31.3. The minimum Gasteiger partial charge on any atom is -0.307 e. The van der Waals surface area contributed by atoms with Crippen LogP contribution in [0.15, 0.2) is 158 Å². The molecule has 222 valence electrons. The fraction of sp³-hybridized carbons (Fsp3) is 0.0667. The molecular formula is C45H32N2. The molecule has 0 bridgehead atoms. The summed E-state index contributed by atoms with van der Waals surface area (Å²) in [7, 11) is 0. The molecule has 2 heteroatoms. The van der Waals surface area contributed by atoms with E-state index in [1.165, 1.54) is 82.7 Å². The lowest BCUT2D eigenvalue weighted by Crippen LogP contribution is -2.15. The third-order valence-corrected chi connectivity index (χ3v) is 10.5. The van der Waals surface area contributed by atoms with Crippen molar-refractivity contribution < 1.29 is 0 Å². The van der Waals surface area contributed by atoms with Gasteiger partial charge in [-0.25, -0.2) is 0 Å². The summed E-state index contributed by atoms with van der Waals surface area (Å²) in [6, 6.07) is 58.0. The predicted molar refractivity (Wildman–Crippen MR) is 198 cm³/mol. The second kappa shape index (κ2) is 9.57. The summed E-state index contributed by atoms with van der Waals surface area (Å²) in [4.78, 5) is 0. The van der Waals surface area contributed by atoms with Gasteiger partial charge in [0.1, 0.15) is 0 Å². The van der Waals surface area contributed by atoms with Crippen molar-refractivity contribution in [2.24, 2.45) is 0 Å². The summed E-state index contributed by atoms with van der Waals surface area (Å²) in [5, 5.41) is 5.08. The molecule has 10 rings (SSSR count). The highest BCUT2D eigenvalue weighted by atomic mass is 15.1. The van der Waals surface area contributed by atoms with E-state index >= 15 is 0 Å². The van der Waals surface area contributed by atoms with Gasteiger partial charge in [-0.2, -0.15) is 0 Å². The molecule has 0 N–H and O–H groups in total. The smallest absolute Gasteiger partial charge is 0.0782 e. The molecule has 2 heterocycles. The number of benzene rings is 7. The molecule has 0 saturated carbocycles. The molecule has 0 radical (unpaired) electrons. The first-order valence-electron chi connectivity index (χ1n) is 16.5. The van der Waals surface area contributed by atoms with Crippen molar-refractivity contribution in [1.82, 2.24) is 9.13 Å². The van der Waals surface area contributed by atoms with Crippen molar-refractivity contribution in [3.8, 4) is 33.6 Å². The van der Waals surface area contributed by atoms with E-state index in [0.29, 0.717) is 0 Å². The van der Waals surface area contributed by atoms with Crippen LogP contribution in [0.2, 0.25) is 0 Å². The Kier molecular flexibility index (Phi) is 5.37. The van der Waals surface area contributed by atoms with Crippen molar-refractivity contribution in [3.63, 3.8) is 0 Å². The van der Waals surface area contributed by atoms with Gasteiger partial charge in [0, 0.05) is 32.6 Å². The van der Waals surface area contributed by atoms with Crippen molar-refractivity contribution in [2.75, 3.05) is 0 Å². The van der Waals surface area contributed by atoms with Crippen molar-refractivity contribution in [1.29, 1.82) is 0 Å². The molecule has 0 aliphatic heterocycles. The maximum absolute atomic E-state index is 2.52. The van der Waals surface area contributed by atoms with Crippen LogP contribution in [0.5, 0.6) is 0 Å². The highest BCUT2D eigenvalue weighted by Crippen LogP contribution is 2.51. The first kappa shape index (κ1) is 26.4. The summed E-state index contributed by atoms with van der Waals surface area (Å²) < 4.78 is 4.99. The molecule has 0 fully saturated rings. The van der Waals surface area contributed by atoms with Gasteiger partial charge < -0.3 is 9.13 Å². The van der Waals surface area contributed by atoms with Gasteiger partial charge in [0.25, 0.3) is 0 Å². The lowest BCUT2D eigenvalue weighted by Gasteiger charge is -2.22. The molecule has 47 heavy (non-hydrogen) atoms. The molecule has 1 aliphatic carbocycles. The molecule has 0 atom stereocenters. The van der Waals surface area contributed by atoms with E-state index in [4.69, 9.17) is 0 Å². The summed E-state index contributed by atoms with van der Waals surface area (Å²) in [5.74, 6) is 0. The van der Waals surface area contributed by atoms with Crippen LogP contribution in [0, 0.1) is 0 Å². The molecule has 9 aromatic rings. The Morgan fingerprint density at radius 1 is 0.404 bits per heavy atom. The summed E-state index contributed by atoms with van der Waals surface area (Å²) in [6.45, 7) is 4.74. The Bertz CT molecular complexity index is 2700. The molecule has 7 aromatic carbocycles. The number of rotatable bonds is 3. The molecule has 2 aromatic heterocycles. The number of fused-ring (bicyclic) bond motifs is 9. The van der Waals surface area contributed by atoms with Crippen LogP contribution in [0.25, 0.3) is 77.2 Å². The number of aromatic nitrogens is 2. The molecule has 0 spiro atoms. The first-order chi connectivity index (χ1) is 23.1. The maximum atomic E-state index is 2.52. The zero-order valence-electron chi connectivity index (χ0n) is 26.4. The van der Waals surface area contributed by atoms with E-state index < -0.39 is 0 Å². The van der Waals surface area contributed by atoms with Gasteiger partial charge in [-0.15, -0.1) is 0 Å². The van der Waals surface area contributed by atoms with E-state index in [9.17, 15) is 0 Å². The number of para-hydroxylation sites is 3. The third kappa shape index (κ3) is 3.61. The highest BCUT2D eigenvalue weighted by Gasteiger charge is 2.36. The van der Waals surface area contributed by atoms with E-state index in [1.807, 2.05) is 0 Å². The molecule has 1 aliphatic rings. The Balaban J connectivity index is 1.33. The van der Waals surface area contributed by atoms with Gasteiger partial charge in [0.05, 0.1) is 27.8 Å². The van der Waals surface area contributed by atoms with E-state index in [1.54, 1.807) is 0 Å². The highest BCUT2D eigenvalue weighted by molar-refractivity contribution is 6.16. The fourth-order valence-corrected chi connectivity index (χ4v) is 8.33. The van der Waals surface area contributed by atoms with Crippen molar-refractivity contribution in [3.05, 3.63) is 169 Å². The normalized spacial score (nSPS) is 13.5. The molecule has 0 unspecified atom stereocenters. The Morgan fingerprint density at radius 3 is 1.87 bits per heavy atom. The average molecular weight is 601 g/mol. The Morgan fingerprint density at radius 2 is 1.04 bits per heavy atom. The van der Waals surface area contributed by atoms with Gasteiger partial charge in [0.2, 0.25) is 0 Å². The second-order valence-corrected chi connectivity index (χ2v) is 13.4. The van der Waals surface area contributed by atoms with Gasteiger partial charge >= 0.3 is 0 Å². The average Bonchev–Trinajstić information content (AvgIpc) is 3.71. The zero-order valence-corrected chi connectivity index (χ0v) is 26.4. The molecule has 0 amide bonds. The molecule has 0 saturated heterocycles. The maximum Gasteiger partial charge on any atom is 0.0782 e. The van der Waals surface area contributed by atoms with Gasteiger partial charge in [0.15, 0.2) is 0 Å². The standard InChI is InChI=1S/C45H32N2/c1-45(2)38-22-9-6-18-32(38)36-27-37-34-20-8-11-24-41(34)47(43(37)28-39(36)45)42-25-13-21-35-33-19-7-10-23-40(33)46(44(35)42)31-17-12-16-30(26-31)29-14-4-3-5-15-29/h3-28H,1-2H3. The van der Waals surface area contributed by atoms with Crippen LogP contribution >= 0.6 is 0 Å². The summed E-state index contributed by atoms with van der Waals surface area (Å²) in [5.41, 5.74) is 15.1. The van der Waals surface area contributed by atoms with Gasteiger partial charge in [-0.05, 0) is 75.8 Å². The predicted octanol–water partition coefficient (Wildman–Crippen LogP) is 11.9. The molecule has 2 nitrogen and oxygen atoms in total. The Hall–Kier alpha value is -5.86. The van der Waals surface area contributed by atoms with E-state index in [0.717, 1.165) is 5.69 Å². The van der Waals surface area contributed by atoms with Crippen LogP contribution < -0.4 is 0 Å². The quantitative estimate of drug-likeness (QED) is 0.191. The van der Waals surface area contributed by atoms with Crippen LogP contribution in [-0.4, -0.2) is 9.13 Å². The van der Waals surface area contributed by atoms with Gasteiger partial charge in [-0.3, -0.25) is 0 Å². The second-order valence-electron chi connectivity index (χ2n) is 13.4. The summed E-state index contributed by atoms with van der Waals surface area (Å²) in [6.07, 6.45) is 0. The topological polar surface area (TPSA) is 9.86 Å². The number of hydrogen-bond donors (Lipinski definition) is 0. The first-order valence-corrected chi connectivity index (χ1v) is 16.5. The van der Waals surface area contributed by atoms with Crippen LogP contribution in [0.1, 0.15) is 25.0 Å². The van der Waals surface area contributed by atoms with E-state index in [-0.39, 0.29) is 5.41 Å². The van der Waals surface area contributed by atoms with Gasteiger partial charge in [-0.1, -0.05) is 129 Å². The van der Waals surface area contributed by atoms with Crippen molar-refractivity contribution >= 4 is 43.6 Å². The lowest BCUT2D eigenvalue weighted by molar-refractivity contribution is 0.661. The third-order valence-electron chi connectivity index (χ3n) is 10.5. The lowest BCUT2D eigenvalue weighted by atomic mass is 9.82. The fourth-order valence-electron chi connectivity index (χ4n) is 8.33. The monoisotopic (exact) mass is 600 g/mol.